The minimum absolute atomic E-state index is 0.118. The molecular formula is C21H21FN2O2S. The van der Waals surface area contributed by atoms with E-state index in [-0.39, 0.29) is 11.4 Å². The molecule has 0 unspecified atom stereocenters. The Morgan fingerprint density at radius 1 is 1.00 bits per heavy atom. The second-order valence-corrected chi connectivity index (χ2v) is 8.21. The zero-order valence-corrected chi connectivity index (χ0v) is 15.9. The second-order valence-electron chi connectivity index (χ2n) is 6.31. The first-order valence-electron chi connectivity index (χ1n) is 8.67. The van der Waals surface area contributed by atoms with Crippen LogP contribution in [0.3, 0.4) is 0 Å². The first-order chi connectivity index (χ1) is 13.0. The van der Waals surface area contributed by atoms with Crippen LogP contribution in [0.5, 0.6) is 0 Å². The lowest BCUT2D eigenvalue weighted by Gasteiger charge is -2.23. The molecule has 0 aliphatic carbocycles. The zero-order chi connectivity index (χ0) is 19.3. The van der Waals surface area contributed by atoms with Crippen molar-refractivity contribution in [3.05, 3.63) is 95.6 Å². The highest BCUT2D eigenvalue weighted by Crippen LogP contribution is 2.22. The van der Waals surface area contributed by atoms with E-state index in [1.807, 2.05) is 36.4 Å². The molecule has 3 aromatic rings. The van der Waals surface area contributed by atoms with Crippen molar-refractivity contribution in [1.82, 2.24) is 9.29 Å². The standard InChI is InChI=1S/C21H21FN2O2S/c1-17-15-19(22)10-11-21(17)27(25,26)24(16-20-9-5-6-13-23-20)14-12-18-7-3-2-4-8-18/h2-11,13,15H,12,14,16H2,1H3. The number of nitrogens with zero attached hydrogens (tertiary/aromatic N) is 2. The van der Waals surface area contributed by atoms with Crippen LogP contribution >= 0.6 is 0 Å². The van der Waals surface area contributed by atoms with Gasteiger partial charge in [0.2, 0.25) is 10.0 Å². The van der Waals surface area contributed by atoms with Gasteiger partial charge in [-0.3, -0.25) is 4.98 Å². The Balaban J connectivity index is 1.92. The molecule has 0 fully saturated rings. The Hall–Kier alpha value is -2.57. The normalized spacial score (nSPS) is 11.7. The predicted octanol–water partition coefficient (Wildman–Crippen LogP) is 3.96. The van der Waals surface area contributed by atoms with E-state index in [4.69, 9.17) is 0 Å². The van der Waals surface area contributed by atoms with Crippen LogP contribution in [0.15, 0.2) is 77.8 Å². The first kappa shape index (κ1) is 19.2. The Morgan fingerprint density at radius 2 is 1.74 bits per heavy atom. The van der Waals surface area contributed by atoms with E-state index in [1.165, 1.54) is 22.5 Å². The van der Waals surface area contributed by atoms with E-state index in [0.29, 0.717) is 24.2 Å². The van der Waals surface area contributed by atoms with E-state index >= 15 is 0 Å². The van der Waals surface area contributed by atoms with Crippen molar-refractivity contribution >= 4 is 10.0 Å². The molecule has 140 valence electrons. The van der Waals surface area contributed by atoms with E-state index in [0.717, 1.165) is 5.56 Å². The summed E-state index contributed by atoms with van der Waals surface area (Å²) in [6.45, 7) is 2.07. The minimum Gasteiger partial charge on any atom is -0.260 e. The quantitative estimate of drug-likeness (QED) is 0.619. The summed E-state index contributed by atoms with van der Waals surface area (Å²) in [5, 5.41) is 0. The SMILES string of the molecule is Cc1cc(F)ccc1S(=O)(=O)N(CCc1ccccc1)Cc1ccccn1. The van der Waals surface area contributed by atoms with E-state index in [2.05, 4.69) is 4.98 Å². The molecular weight excluding hydrogens is 363 g/mol. The molecule has 0 saturated carbocycles. The second kappa shape index (κ2) is 8.41. The molecule has 0 N–H and O–H groups in total. The van der Waals surface area contributed by atoms with Crippen molar-refractivity contribution < 1.29 is 12.8 Å². The average Bonchev–Trinajstić information content (AvgIpc) is 2.66. The van der Waals surface area contributed by atoms with Gasteiger partial charge in [-0.2, -0.15) is 4.31 Å². The molecule has 0 aliphatic heterocycles. The summed E-state index contributed by atoms with van der Waals surface area (Å²) in [7, 11) is -3.79. The lowest BCUT2D eigenvalue weighted by Crippen LogP contribution is -2.33. The van der Waals surface area contributed by atoms with Crippen LogP contribution in [0.4, 0.5) is 4.39 Å². The number of hydrogen-bond acceptors (Lipinski definition) is 3. The molecule has 3 rings (SSSR count). The van der Waals surface area contributed by atoms with Crippen LogP contribution in [-0.2, 0) is 23.0 Å². The number of rotatable bonds is 7. The van der Waals surface area contributed by atoms with Gasteiger partial charge in [-0.05, 0) is 54.8 Å². The van der Waals surface area contributed by atoms with Crippen LogP contribution in [0, 0.1) is 12.7 Å². The number of aryl methyl sites for hydroxylation is 1. The summed E-state index contributed by atoms with van der Waals surface area (Å²) >= 11 is 0. The van der Waals surface area contributed by atoms with Gasteiger partial charge in [0.1, 0.15) is 5.82 Å². The highest BCUT2D eigenvalue weighted by Gasteiger charge is 2.26. The molecule has 0 aliphatic rings. The summed E-state index contributed by atoms with van der Waals surface area (Å²) < 4.78 is 41.4. The lowest BCUT2D eigenvalue weighted by molar-refractivity contribution is 0.405. The zero-order valence-electron chi connectivity index (χ0n) is 15.0. The fraction of sp³-hybridized carbons (Fsp3) is 0.190. The molecule has 0 amide bonds. The van der Waals surface area contributed by atoms with Gasteiger partial charge >= 0.3 is 0 Å². The number of aromatic nitrogens is 1. The van der Waals surface area contributed by atoms with Crippen LogP contribution in [0.2, 0.25) is 0 Å². The molecule has 0 bridgehead atoms. The van der Waals surface area contributed by atoms with Crippen molar-refractivity contribution in [3.63, 3.8) is 0 Å². The topological polar surface area (TPSA) is 50.3 Å². The molecule has 0 saturated heterocycles. The summed E-state index contributed by atoms with van der Waals surface area (Å²) in [6, 6.07) is 18.9. The van der Waals surface area contributed by atoms with Crippen LogP contribution in [0.1, 0.15) is 16.8 Å². The van der Waals surface area contributed by atoms with Gasteiger partial charge in [0, 0.05) is 12.7 Å². The van der Waals surface area contributed by atoms with Crippen LogP contribution in [-0.4, -0.2) is 24.3 Å². The molecule has 0 spiro atoms. The number of pyridine rings is 1. The highest BCUT2D eigenvalue weighted by atomic mass is 32.2. The summed E-state index contributed by atoms with van der Waals surface area (Å²) in [5.74, 6) is -0.452. The average molecular weight is 384 g/mol. The highest BCUT2D eigenvalue weighted by molar-refractivity contribution is 7.89. The van der Waals surface area contributed by atoms with E-state index in [9.17, 15) is 12.8 Å². The number of sulfonamides is 1. The Kier molecular flexibility index (Phi) is 5.98. The van der Waals surface area contributed by atoms with Gasteiger partial charge in [-0.25, -0.2) is 12.8 Å². The third-order valence-electron chi connectivity index (χ3n) is 4.31. The fourth-order valence-electron chi connectivity index (χ4n) is 2.90. The van der Waals surface area contributed by atoms with Gasteiger partial charge < -0.3 is 0 Å². The van der Waals surface area contributed by atoms with Gasteiger partial charge in [0.15, 0.2) is 0 Å². The van der Waals surface area contributed by atoms with Gasteiger partial charge in [-0.15, -0.1) is 0 Å². The smallest absolute Gasteiger partial charge is 0.243 e. The molecule has 2 aromatic carbocycles. The van der Waals surface area contributed by atoms with Gasteiger partial charge in [0.05, 0.1) is 17.1 Å². The molecule has 6 heteroatoms. The third kappa shape index (κ3) is 4.78. The van der Waals surface area contributed by atoms with E-state index < -0.39 is 15.8 Å². The largest absolute Gasteiger partial charge is 0.260 e. The van der Waals surface area contributed by atoms with Crippen molar-refractivity contribution in [1.29, 1.82) is 0 Å². The van der Waals surface area contributed by atoms with Crippen molar-refractivity contribution in [2.24, 2.45) is 0 Å². The van der Waals surface area contributed by atoms with Crippen molar-refractivity contribution in [2.75, 3.05) is 6.54 Å². The Morgan fingerprint density at radius 3 is 2.41 bits per heavy atom. The summed E-state index contributed by atoms with van der Waals surface area (Å²) in [5.41, 5.74) is 2.10. The number of hydrogen-bond donors (Lipinski definition) is 0. The molecule has 4 nitrogen and oxygen atoms in total. The summed E-state index contributed by atoms with van der Waals surface area (Å²) in [4.78, 5) is 4.37. The third-order valence-corrected chi connectivity index (χ3v) is 6.32. The Bertz CT molecular complexity index is 993. The van der Waals surface area contributed by atoms with Crippen LogP contribution < -0.4 is 0 Å². The lowest BCUT2D eigenvalue weighted by atomic mass is 10.1. The predicted molar refractivity (Wildman–Crippen MR) is 103 cm³/mol. The molecule has 1 heterocycles. The molecule has 0 radical (unpaired) electrons. The number of halogens is 1. The minimum atomic E-state index is -3.79. The maximum Gasteiger partial charge on any atom is 0.243 e. The summed E-state index contributed by atoms with van der Waals surface area (Å²) in [6.07, 6.45) is 2.22. The van der Waals surface area contributed by atoms with E-state index in [1.54, 1.807) is 25.3 Å². The molecule has 27 heavy (non-hydrogen) atoms. The monoisotopic (exact) mass is 384 g/mol. The Labute approximate surface area is 159 Å². The molecule has 1 aromatic heterocycles. The molecule has 0 atom stereocenters. The van der Waals surface area contributed by atoms with Crippen molar-refractivity contribution in [3.8, 4) is 0 Å². The number of benzene rings is 2. The first-order valence-corrected chi connectivity index (χ1v) is 10.1. The fourth-order valence-corrected chi connectivity index (χ4v) is 4.51. The van der Waals surface area contributed by atoms with Gasteiger partial charge in [-0.1, -0.05) is 36.4 Å². The van der Waals surface area contributed by atoms with Gasteiger partial charge in [0.25, 0.3) is 0 Å². The van der Waals surface area contributed by atoms with Crippen LogP contribution in [0.25, 0.3) is 0 Å². The van der Waals surface area contributed by atoms with Crippen molar-refractivity contribution in [2.45, 2.75) is 24.8 Å². The maximum atomic E-state index is 13.4. The maximum absolute atomic E-state index is 13.4.